The molecule has 0 unspecified atom stereocenters. The molecule has 1 aliphatic rings. The molecule has 0 heterocycles. The predicted molar refractivity (Wildman–Crippen MR) is 61.4 cm³/mol. The van der Waals surface area contributed by atoms with E-state index < -0.39 is 0 Å². The second kappa shape index (κ2) is 4.65. The van der Waals surface area contributed by atoms with Gasteiger partial charge in [-0.3, -0.25) is 4.79 Å². The summed E-state index contributed by atoms with van der Waals surface area (Å²) in [4.78, 5) is 11.5. The molecule has 15 heavy (non-hydrogen) atoms. The van der Waals surface area contributed by atoms with Crippen molar-refractivity contribution in [3.8, 4) is 0 Å². The highest BCUT2D eigenvalue weighted by Crippen LogP contribution is 2.47. The normalized spacial score (nSPS) is 23.9. The van der Waals surface area contributed by atoms with Crippen LogP contribution in [-0.2, 0) is 9.53 Å². The average molecular weight is 208 g/mol. The summed E-state index contributed by atoms with van der Waals surface area (Å²) >= 11 is 0. The van der Waals surface area contributed by atoms with Crippen LogP contribution in [0.3, 0.4) is 0 Å². The molecule has 1 rings (SSSR count). The molecule has 0 aromatic rings. The fourth-order valence-electron chi connectivity index (χ4n) is 2.09. The number of esters is 1. The first kappa shape index (κ1) is 12.0. The summed E-state index contributed by atoms with van der Waals surface area (Å²) < 4.78 is 5.00. The molecule has 0 spiro atoms. The molecule has 2 heteroatoms. The molecule has 0 radical (unpaired) electrons. The van der Waals surface area contributed by atoms with Crippen LogP contribution in [0.25, 0.3) is 0 Å². The molecule has 0 aromatic heterocycles. The Labute approximate surface area is 92.0 Å². The molecule has 1 aliphatic carbocycles. The summed E-state index contributed by atoms with van der Waals surface area (Å²) in [7, 11) is 0. The number of rotatable bonds is 4. The van der Waals surface area contributed by atoms with E-state index in [-0.39, 0.29) is 11.4 Å². The fourth-order valence-corrected chi connectivity index (χ4v) is 2.09. The highest BCUT2D eigenvalue weighted by atomic mass is 16.5. The van der Waals surface area contributed by atoms with E-state index in [0.29, 0.717) is 18.9 Å². The van der Waals surface area contributed by atoms with Crippen molar-refractivity contribution >= 4 is 5.97 Å². The van der Waals surface area contributed by atoms with E-state index >= 15 is 0 Å². The van der Waals surface area contributed by atoms with E-state index in [1.165, 1.54) is 5.57 Å². The lowest BCUT2D eigenvalue weighted by molar-refractivity contribution is -0.144. The highest BCUT2D eigenvalue weighted by Gasteiger charge is 2.38. The Morgan fingerprint density at radius 1 is 1.67 bits per heavy atom. The Morgan fingerprint density at radius 2 is 2.33 bits per heavy atom. The molecule has 0 amide bonds. The zero-order valence-corrected chi connectivity index (χ0v) is 9.71. The van der Waals surface area contributed by atoms with E-state index in [2.05, 4.69) is 27.0 Å². The maximum atomic E-state index is 11.5. The Bertz CT molecular complexity index is 276. The first-order valence-electron chi connectivity index (χ1n) is 5.43. The molecule has 0 bridgehead atoms. The average Bonchev–Trinajstić information content (AvgIpc) is 2.42. The summed E-state index contributed by atoms with van der Waals surface area (Å²) in [6, 6.07) is 0. The van der Waals surface area contributed by atoms with Crippen molar-refractivity contribution in [2.45, 2.75) is 33.1 Å². The summed E-state index contributed by atoms with van der Waals surface area (Å²) in [5.74, 6) is 0.255. The van der Waals surface area contributed by atoms with Crippen LogP contribution >= 0.6 is 0 Å². The summed E-state index contributed by atoms with van der Waals surface area (Å²) in [6.45, 7) is 12.2. The molecule has 0 N–H and O–H groups in total. The minimum atomic E-state index is -0.123. The van der Waals surface area contributed by atoms with E-state index in [9.17, 15) is 4.79 Å². The lowest BCUT2D eigenvalue weighted by Gasteiger charge is -2.27. The summed E-state index contributed by atoms with van der Waals surface area (Å²) in [5, 5.41) is 0. The second-order valence-corrected chi connectivity index (χ2v) is 4.74. The molecule has 0 aliphatic heterocycles. The summed E-state index contributed by atoms with van der Waals surface area (Å²) in [5.41, 5.74) is 1.33. The third-order valence-electron chi connectivity index (χ3n) is 3.50. The first-order chi connectivity index (χ1) is 6.98. The highest BCUT2D eigenvalue weighted by molar-refractivity contribution is 5.70. The van der Waals surface area contributed by atoms with Crippen LogP contribution in [0.15, 0.2) is 24.8 Å². The van der Waals surface area contributed by atoms with Crippen LogP contribution in [0, 0.1) is 11.3 Å². The number of allylic oxidation sites excluding steroid dienone is 1. The minimum absolute atomic E-state index is 0.0766. The van der Waals surface area contributed by atoms with Crippen LogP contribution in [0.5, 0.6) is 0 Å². The van der Waals surface area contributed by atoms with Crippen LogP contribution in [0.2, 0.25) is 0 Å². The van der Waals surface area contributed by atoms with Crippen LogP contribution in [-0.4, -0.2) is 12.6 Å². The molecule has 2 nitrogen and oxygen atoms in total. The third-order valence-corrected chi connectivity index (χ3v) is 3.50. The molecule has 84 valence electrons. The van der Waals surface area contributed by atoms with Crippen LogP contribution in [0.1, 0.15) is 33.1 Å². The number of hydrogen-bond acceptors (Lipinski definition) is 2. The monoisotopic (exact) mass is 208 g/mol. The van der Waals surface area contributed by atoms with Crippen molar-refractivity contribution < 1.29 is 9.53 Å². The fraction of sp³-hybridized carbons (Fsp3) is 0.615. The Kier molecular flexibility index (Phi) is 3.72. The van der Waals surface area contributed by atoms with Crippen molar-refractivity contribution in [3.05, 3.63) is 24.8 Å². The molecule has 1 fully saturated rings. The van der Waals surface area contributed by atoms with Crippen molar-refractivity contribution in [1.82, 2.24) is 0 Å². The Morgan fingerprint density at radius 3 is 2.80 bits per heavy atom. The van der Waals surface area contributed by atoms with E-state index in [1.807, 2.05) is 0 Å². The van der Waals surface area contributed by atoms with Gasteiger partial charge in [-0.2, -0.15) is 0 Å². The van der Waals surface area contributed by atoms with Gasteiger partial charge in [0.1, 0.15) is 6.61 Å². The largest absolute Gasteiger partial charge is 0.461 e. The van der Waals surface area contributed by atoms with Gasteiger partial charge in [0.25, 0.3) is 0 Å². The van der Waals surface area contributed by atoms with Crippen LogP contribution < -0.4 is 0 Å². The van der Waals surface area contributed by atoms with E-state index in [1.54, 1.807) is 6.08 Å². The SMILES string of the molecule is C=CCOC(=O)C[C@H]1CCC(=C)C1(C)C. The second-order valence-electron chi connectivity index (χ2n) is 4.74. The van der Waals surface area contributed by atoms with Gasteiger partial charge in [-0.1, -0.05) is 38.7 Å². The summed E-state index contributed by atoms with van der Waals surface area (Å²) in [6.07, 6.45) is 4.18. The smallest absolute Gasteiger partial charge is 0.306 e. The number of ether oxygens (including phenoxy) is 1. The van der Waals surface area contributed by atoms with E-state index in [0.717, 1.165) is 12.8 Å². The molecular formula is C13H20O2. The minimum Gasteiger partial charge on any atom is -0.461 e. The van der Waals surface area contributed by atoms with Crippen LogP contribution in [0.4, 0.5) is 0 Å². The topological polar surface area (TPSA) is 26.3 Å². The van der Waals surface area contributed by atoms with Crippen molar-refractivity contribution in [2.75, 3.05) is 6.61 Å². The van der Waals surface area contributed by atoms with Crippen molar-refractivity contribution in [2.24, 2.45) is 11.3 Å². The number of carbonyl (C=O) groups excluding carboxylic acids is 1. The van der Waals surface area contributed by atoms with Gasteiger partial charge in [0.05, 0.1) is 0 Å². The Hall–Kier alpha value is -1.05. The zero-order valence-electron chi connectivity index (χ0n) is 9.71. The van der Waals surface area contributed by atoms with Crippen molar-refractivity contribution in [3.63, 3.8) is 0 Å². The lowest BCUT2D eigenvalue weighted by Crippen LogP contribution is -2.22. The number of carbonyl (C=O) groups is 1. The van der Waals surface area contributed by atoms with Gasteiger partial charge >= 0.3 is 5.97 Å². The molecule has 0 aromatic carbocycles. The first-order valence-corrected chi connectivity index (χ1v) is 5.43. The van der Waals surface area contributed by atoms with Gasteiger partial charge in [0.2, 0.25) is 0 Å². The zero-order chi connectivity index (χ0) is 11.5. The van der Waals surface area contributed by atoms with E-state index in [4.69, 9.17) is 4.74 Å². The lowest BCUT2D eigenvalue weighted by atomic mass is 9.78. The molecule has 0 saturated heterocycles. The van der Waals surface area contributed by atoms with Gasteiger partial charge < -0.3 is 4.74 Å². The molecular weight excluding hydrogens is 188 g/mol. The molecule has 1 atom stereocenters. The standard InChI is InChI=1S/C13H20O2/c1-5-8-15-12(14)9-11-7-6-10(2)13(11,3)4/h5,11H,1-2,6-9H2,3-4H3/t11-/m1/s1. The Balaban J connectivity index is 2.49. The third kappa shape index (κ3) is 2.71. The quantitative estimate of drug-likeness (QED) is 0.524. The maximum absolute atomic E-state index is 11.5. The van der Waals surface area contributed by atoms with Gasteiger partial charge in [0.15, 0.2) is 0 Å². The van der Waals surface area contributed by atoms with Gasteiger partial charge in [0, 0.05) is 6.42 Å². The predicted octanol–water partition coefficient (Wildman–Crippen LogP) is 3.10. The van der Waals surface area contributed by atoms with Gasteiger partial charge in [-0.25, -0.2) is 0 Å². The maximum Gasteiger partial charge on any atom is 0.306 e. The number of hydrogen-bond donors (Lipinski definition) is 0. The van der Waals surface area contributed by atoms with Crippen molar-refractivity contribution in [1.29, 1.82) is 0 Å². The molecule has 1 saturated carbocycles. The van der Waals surface area contributed by atoms with Gasteiger partial charge in [-0.05, 0) is 24.2 Å². The van der Waals surface area contributed by atoms with Gasteiger partial charge in [-0.15, -0.1) is 0 Å².